The van der Waals surface area contributed by atoms with E-state index in [4.69, 9.17) is 9.47 Å². The second kappa shape index (κ2) is 6.73. The van der Waals surface area contributed by atoms with Crippen LogP contribution in [0.1, 0.15) is 10.4 Å². The number of nitrogens with zero attached hydrogens (tertiary/aromatic N) is 2. The molecule has 0 N–H and O–H groups in total. The zero-order valence-corrected chi connectivity index (χ0v) is 12.5. The molecule has 23 heavy (non-hydrogen) atoms. The van der Waals surface area contributed by atoms with Gasteiger partial charge in [0, 0.05) is 17.7 Å². The van der Waals surface area contributed by atoms with Crippen LogP contribution in [0.25, 0.3) is 0 Å². The Balaban J connectivity index is 2.31. The summed E-state index contributed by atoms with van der Waals surface area (Å²) in [5.41, 5.74) is -0.449. The highest BCUT2D eigenvalue weighted by Gasteiger charge is 2.14. The molecule has 0 saturated heterocycles. The quantitative estimate of drug-likeness (QED) is 0.456. The lowest BCUT2D eigenvalue weighted by molar-refractivity contribution is -0.385. The van der Waals surface area contributed by atoms with Crippen LogP contribution in [-0.2, 0) is 6.54 Å². The summed E-state index contributed by atoms with van der Waals surface area (Å²) in [4.78, 5) is 34.1. The smallest absolute Gasteiger partial charge is 0.285 e. The molecule has 0 aliphatic rings. The van der Waals surface area contributed by atoms with Crippen LogP contribution < -0.4 is 15.0 Å². The summed E-state index contributed by atoms with van der Waals surface area (Å²) >= 11 is 0. The molecule has 1 aromatic carbocycles. The highest BCUT2D eigenvalue weighted by Crippen LogP contribution is 2.27. The van der Waals surface area contributed by atoms with Crippen molar-refractivity contribution in [3.8, 4) is 11.5 Å². The molecule has 1 heterocycles. The molecule has 2 aromatic rings. The third-order valence-electron chi connectivity index (χ3n) is 3.20. The number of aromatic nitrogens is 1. The van der Waals surface area contributed by atoms with Gasteiger partial charge in [0.2, 0.25) is 0 Å². The number of hydrogen-bond acceptors (Lipinski definition) is 6. The van der Waals surface area contributed by atoms with E-state index in [1.807, 2.05) is 0 Å². The predicted octanol–water partition coefficient (Wildman–Crippen LogP) is 1.66. The fourth-order valence-corrected chi connectivity index (χ4v) is 2.01. The molecule has 1 aromatic heterocycles. The summed E-state index contributed by atoms with van der Waals surface area (Å²) in [6.07, 6.45) is 1.04. The van der Waals surface area contributed by atoms with Crippen molar-refractivity contribution >= 4 is 11.5 Å². The first-order valence-corrected chi connectivity index (χ1v) is 6.56. The van der Waals surface area contributed by atoms with Crippen molar-refractivity contribution in [2.75, 3.05) is 14.2 Å². The minimum absolute atomic E-state index is 0.260. The Morgan fingerprint density at radius 3 is 2.48 bits per heavy atom. The number of rotatable bonds is 6. The second-order valence-corrected chi connectivity index (χ2v) is 4.60. The fourth-order valence-electron chi connectivity index (χ4n) is 2.01. The number of methoxy groups -OCH3 is 2. The average Bonchev–Trinajstić information content (AvgIpc) is 2.55. The molecule has 0 saturated carbocycles. The third kappa shape index (κ3) is 3.54. The number of ether oxygens (including phenoxy) is 2. The normalized spacial score (nSPS) is 10.2. The Labute approximate surface area is 131 Å². The molecule has 0 bridgehead atoms. The molecule has 0 amide bonds. The first kappa shape index (κ1) is 16.2. The maximum absolute atomic E-state index is 12.3. The van der Waals surface area contributed by atoms with Crippen LogP contribution in [0.4, 0.5) is 5.69 Å². The van der Waals surface area contributed by atoms with Crippen LogP contribution in [0.5, 0.6) is 11.5 Å². The van der Waals surface area contributed by atoms with Crippen molar-refractivity contribution in [1.29, 1.82) is 0 Å². The molecule has 8 heteroatoms. The fraction of sp³-hybridized carbons (Fsp3) is 0.200. The van der Waals surface area contributed by atoms with E-state index in [0.717, 1.165) is 22.9 Å². The van der Waals surface area contributed by atoms with E-state index in [1.165, 1.54) is 26.4 Å². The molecular formula is C15H14N2O6. The zero-order valence-electron chi connectivity index (χ0n) is 12.5. The number of benzene rings is 1. The second-order valence-electron chi connectivity index (χ2n) is 4.60. The van der Waals surface area contributed by atoms with E-state index in [9.17, 15) is 19.7 Å². The van der Waals surface area contributed by atoms with Gasteiger partial charge in [0.1, 0.15) is 0 Å². The van der Waals surface area contributed by atoms with Gasteiger partial charge < -0.3 is 14.0 Å². The van der Waals surface area contributed by atoms with Crippen LogP contribution >= 0.6 is 0 Å². The van der Waals surface area contributed by atoms with Crippen LogP contribution in [0.3, 0.4) is 0 Å². The van der Waals surface area contributed by atoms with Crippen LogP contribution in [0.15, 0.2) is 41.3 Å². The van der Waals surface area contributed by atoms with E-state index in [-0.39, 0.29) is 18.0 Å². The van der Waals surface area contributed by atoms with Gasteiger partial charge in [-0.3, -0.25) is 19.7 Å². The number of carbonyl (C=O) groups is 1. The Morgan fingerprint density at radius 1 is 1.17 bits per heavy atom. The summed E-state index contributed by atoms with van der Waals surface area (Å²) in [6, 6.07) is 6.75. The van der Waals surface area contributed by atoms with E-state index in [0.29, 0.717) is 17.1 Å². The van der Waals surface area contributed by atoms with Crippen molar-refractivity contribution in [2.24, 2.45) is 0 Å². The van der Waals surface area contributed by atoms with Crippen molar-refractivity contribution in [3.63, 3.8) is 0 Å². The number of pyridine rings is 1. The van der Waals surface area contributed by atoms with Gasteiger partial charge in [0.15, 0.2) is 17.3 Å². The summed E-state index contributed by atoms with van der Waals surface area (Å²) in [7, 11) is 2.92. The van der Waals surface area contributed by atoms with Crippen LogP contribution in [0, 0.1) is 10.1 Å². The van der Waals surface area contributed by atoms with Gasteiger partial charge in [-0.15, -0.1) is 0 Å². The van der Waals surface area contributed by atoms with E-state index >= 15 is 0 Å². The van der Waals surface area contributed by atoms with Crippen molar-refractivity contribution in [1.82, 2.24) is 4.57 Å². The van der Waals surface area contributed by atoms with Crippen molar-refractivity contribution in [2.45, 2.75) is 6.54 Å². The van der Waals surface area contributed by atoms with Gasteiger partial charge in [-0.05, 0) is 18.2 Å². The van der Waals surface area contributed by atoms with Gasteiger partial charge in [-0.25, -0.2) is 0 Å². The van der Waals surface area contributed by atoms with Gasteiger partial charge in [0.05, 0.1) is 31.9 Å². The molecule has 0 atom stereocenters. The molecule has 0 spiro atoms. The monoisotopic (exact) mass is 318 g/mol. The number of Topliss-reactive ketones (excluding diaryl/α,β-unsaturated/α-hetero) is 1. The standard InChI is InChI=1S/C15H14N2O6/c1-22-13-5-3-10(7-14(13)23-2)12(18)9-16-8-11(17(20)21)4-6-15(16)19/h3-8H,9H2,1-2H3. The lowest BCUT2D eigenvalue weighted by atomic mass is 10.1. The molecule has 0 radical (unpaired) electrons. The molecule has 120 valence electrons. The molecule has 8 nitrogen and oxygen atoms in total. The highest BCUT2D eigenvalue weighted by molar-refractivity contribution is 5.96. The topological polar surface area (TPSA) is 101 Å². The van der Waals surface area contributed by atoms with Gasteiger partial charge in [-0.1, -0.05) is 0 Å². The van der Waals surface area contributed by atoms with Gasteiger partial charge >= 0.3 is 0 Å². The summed E-state index contributed by atoms with van der Waals surface area (Å²) in [5, 5.41) is 10.7. The Hall–Kier alpha value is -3.16. The summed E-state index contributed by atoms with van der Waals surface area (Å²) in [5.74, 6) is 0.467. The SMILES string of the molecule is COc1ccc(C(=O)Cn2cc([N+](=O)[O-])ccc2=O)cc1OC. The Bertz CT molecular complexity index is 812. The maximum Gasteiger partial charge on any atom is 0.285 e. The Morgan fingerprint density at radius 2 is 1.87 bits per heavy atom. The minimum atomic E-state index is -0.628. The highest BCUT2D eigenvalue weighted by atomic mass is 16.6. The lowest BCUT2D eigenvalue weighted by Crippen LogP contribution is -2.23. The third-order valence-corrected chi connectivity index (χ3v) is 3.20. The number of nitro groups is 1. The largest absolute Gasteiger partial charge is 0.493 e. The molecule has 0 fully saturated rings. The Kier molecular flexibility index (Phi) is 4.75. The lowest BCUT2D eigenvalue weighted by Gasteiger charge is -2.09. The molecular weight excluding hydrogens is 304 g/mol. The number of hydrogen-bond donors (Lipinski definition) is 0. The van der Waals surface area contributed by atoms with E-state index < -0.39 is 10.5 Å². The minimum Gasteiger partial charge on any atom is -0.493 e. The van der Waals surface area contributed by atoms with E-state index in [1.54, 1.807) is 6.07 Å². The molecule has 2 rings (SSSR count). The van der Waals surface area contributed by atoms with E-state index in [2.05, 4.69) is 0 Å². The van der Waals surface area contributed by atoms with Gasteiger partial charge in [-0.2, -0.15) is 0 Å². The van der Waals surface area contributed by atoms with Crippen LogP contribution in [-0.4, -0.2) is 29.5 Å². The maximum atomic E-state index is 12.3. The first-order chi connectivity index (χ1) is 11.0. The van der Waals surface area contributed by atoms with Crippen molar-refractivity contribution < 1.29 is 19.2 Å². The summed E-state index contributed by atoms with van der Waals surface area (Å²) in [6.45, 7) is -0.310. The number of carbonyl (C=O) groups excluding carboxylic acids is 1. The molecule has 0 aliphatic carbocycles. The molecule has 0 unspecified atom stereocenters. The predicted molar refractivity (Wildman–Crippen MR) is 81.2 cm³/mol. The molecule has 0 aliphatic heterocycles. The first-order valence-electron chi connectivity index (χ1n) is 6.56. The number of ketones is 1. The van der Waals surface area contributed by atoms with Gasteiger partial charge in [0.25, 0.3) is 11.2 Å². The average molecular weight is 318 g/mol. The summed E-state index contributed by atoms with van der Waals surface area (Å²) < 4.78 is 11.2. The zero-order chi connectivity index (χ0) is 17.0. The van der Waals surface area contributed by atoms with Crippen LogP contribution in [0.2, 0.25) is 0 Å². The van der Waals surface area contributed by atoms with Crippen molar-refractivity contribution in [3.05, 3.63) is 62.6 Å².